The predicted molar refractivity (Wildman–Crippen MR) is 106 cm³/mol. The van der Waals surface area contributed by atoms with E-state index in [-0.39, 0.29) is 21.1 Å². The Bertz CT molecular complexity index is 575. The fraction of sp³-hybridized carbons (Fsp3) is 0.571. The molecule has 144 valence electrons. The van der Waals surface area contributed by atoms with E-state index in [2.05, 4.69) is 54.4 Å². The lowest BCUT2D eigenvalue weighted by Gasteiger charge is -2.02. The first-order valence-corrected chi connectivity index (χ1v) is 9.57. The Morgan fingerprint density at radius 3 is 1.15 bits per heavy atom. The molecule has 0 aromatic carbocycles. The van der Waals surface area contributed by atoms with E-state index in [0.717, 1.165) is 38.8 Å². The third kappa shape index (κ3) is 10.1. The molecule has 0 aliphatic rings. The van der Waals surface area contributed by atoms with Gasteiger partial charge in [-0.15, -0.1) is 0 Å². The van der Waals surface area contributed by atoms with E-state index < -0.39 is 0 Å². The number of nitrogens with zero attached hydrogens (tertiary/aromatic N) is 6. The van der Waals surface area contributed by atoms with Crippen LogP contribution in [0.2, 0.25) is 21.1 Å². The second-order valence-electron chi connectivity index (χ2n) is 4.95. The van der Waals surface area contributed by atoms with E-state index in [1.165, 1.54) is 0 Å². The van der Waals surface area contributed by atoms with Crippen molar-refractivity contribution in [2.45, 2.75) is 39.5 Å². The Labute approximate surface area is 172 Å². The Hall–Kier alpha value is -1.22. The molecule has 0 spiro atoms. The highest BCUT2D eigenvalue weighted by molar-refractivity contribution is 6.31. The maximum atomic E-state index is 5.58. The summed E-state index contributed by atoms with van der Waals surface area (Å²) in [4.78, 5) is 22.7. The van der Waals surface area contributed by atoms with Gasteiger partial charge in [-0.3, -0.25) is 0 Å². The van der Waals surface area contributed by atoms with Crippen LogP contribution in [0.15, 0.2) is 0 Å². The van der Waals surface area contributed by atoms with Crippen molar-refractivity contribution in [1.82, 2.24) is 29.9 Å². The minimum atomic E-state index is 0.110. The summed E-state index contributed by atoms with van der Waals surface area (Å²) in [7, 11) is 0. The lowest BCUT2D eigenvalue weighted by atomic mass is 10.3. The molecule has 0 atom stereocenters. The molecule has 0 saturated carbocycles. The molecule has 0 aliphatic carbocycles. The summed E-state index contributed by atoms with van der Waals surface area (Å²) in [5.74, 6) is 0.858. The van der Waals surface area contributed by atoms with Gasteiger partial charge in [-0.25, -0.2) is 0 Å². The van der Waals surface area contributed by atoms with Crippen LogP contribution in [-0.4, -0.2) is 43.0 Å². The fourth-order valence-electron chi connectivity index (χ4n) is 1.56. The van der Waals surface area contributed by atoms with Gasteiger partial charge in [0.15, 0.2) is 0 Å². The van der Waals surface area contributed by atoms with Gasteiger partial charge in [-0.05, 0) is 59.2 Å². The second kappa shape index (κ2) is 13.0. The topological polar surface area (TPSA) is 101 Å². The average molecular weight is 442 g/mol. The average Bonchev–Trinajstić information content (AvgIpc) is 2.54. The Kier molecular flexibility index (Phi) is 11.4. The van der Waals surface area contributed by atoms with Crippen molar-refractivity contribution in [2.75, 3.05) is 23.7 Å². The van der Waals surface area contributed by atoms with E-state index in [1.54, 1.807) is 0 Å². The lowest BCUT2D eigenvalue weighted by Crippen LogP contribution is -2.06. The van der Waals surface area contributed by atoms with Crippen LogP contribution in [0.5, 0.6) is 0 Å². The number of hydrogen-bond donors (Lipinski definition) is 2. The quantitative estimate of drug-likeness (QED) is 0.564. The Morgan fingerprint density at radius 2 is 0.885 bits per heavy atom. The second-order valence-corrected chi connectivity index (χ2v) is 6.31. The van der Waals surface area contributed by atoms with Gasteiger partial charge in [0.2, 0.25) is 33.0 Å². The molecule has 0 aliphatic heterocycles. The van der Waals surface area contributed by atoms with Crippen LogP contribution in [0, 0.1) is 0 Å². The summed E-state index contributed by atoms with van der Waals surface area (Å²) in [5.41, 5.74) is 0. The molecule has 2 rings (SSSR count). The number of aromatic nitrogens is 6. The van der Waals surface area contributed by atoms with Crippen LogP contribution in [0.3, 0.4) is 0 Å². The van der Waals surface area contributed by atoms with Crippen molar-refractivity contribution in [2.24, 2.45) is 0 Å². The highest BCUT2D eigenvalue weighted by Crippen LogP contribution is 2.10. The SMILES string of the molecule is CCCCNc1nc(Cl)nc(Cl)n1.CCCCNc1nc(Cl)nc(Cl)n1. The van der Waals surface area contributed by atoms with Crippen molar-refractivity contribution >= 4 is 58.3 Å². The lowest BCUT2D eigenvalue weighted by molar-refractivity contribution is 0.824. The van der Waals surface area contributed by atoms with Crippen molar-refractivity contribution in [3.8, 4) is 0 Å². The van der Waals surface area contributed by atoms with Gasteiger partial charge in [0.05, 0.1) is 0 Å². The van der Waals surface area contributed by atoms with Gasteiger partial charge in [-0.2, -0.15) is 29.9 Å². The largest absolute Gasteiger partial charge is 0.354 e. The Morgan fingerprint density at radius 1 is 0.577 bits per heavy atom. The molecule has 2 heterocycles. The van der Waals surface area contributed by atoms with Crippen LogP contribution in [0.25, 0.3) is 0 Å². The monoisotopic (exact) mass is 440 g/mol. The highest BCUT2D eigenvalue weighted by atomic mass is 35.5. The predicted octanol–water partition coefficient (Wildman–Crippen LogP) is 4.78. The molecule has 12 heteroatoms. The summed E-state index contributed by atoms with van der Waals surface area (Å²) in [6, 6.07) is 0. The molecule has 0 bridgehead atoms. The highest BCUT2D eigenvalue weighted by Gasteiger charge is 2.02. The van der Waals surface area contributed by atoms with Crippen molar-refractivity contribution in [3.63, 3.8) is 0 Å². The van der Waals surface area contributed by atoms with E-state index in [0.29, 0.717) is 11.9 Å². The first-order valence-electron chi connectivity index (χ1n) is 8.06. The van der Waals surface area contributed by atoms with E-state index in [9.17, 15) is 0 Å². The molecule has 0 radical (unpaired) electrons. The molecular weight excluding hydrogens is 422 g/mol. The van der Waals surface area contributed by atoms with Crippen molar-refractivity contribution in [3.05, 3.63) is 21.1 Å². The maximum Gasteiger partial charge on any atom is 0.228 e. The number of unbranched alkanes of at least 4 members (excludes halogenated alkanes) is 2. The minimum Gasteiger partial charge on any atom is -0.354 e. The molecule has 0 unspecified atom stereocenters. The van der Waals surface area contributed by atoms with Gasteiger partial charge in [0.25, 0.3) is 0 Å². The standard InChI is InChI=1S/2C7H10Cl2N4/c2*1-2-3-4-10-7-12-5(8)11-6(9)13-7/h2*2-4H2,1H3,(H,10,11,12,13). The molecule has 0 fully saturated rings. The van der Waals surface area contributed by atoms with E-state index in [1.807, 2.05) is 0 Å². The third-order valence-corrected chi connectivity index (χ3v) is 3.46. The fourth-order valence-corrected chi connectivity index (χ4v) is 2.29. The molecule has 8 nitrogen and oxygen atoms in total. The van der Waals surface area contributed by atoms with E-state index >= 15 is 0 Å². The summed E-state index contributed by atoms with van der Waals surface area (Å²) < 4.78 is 0. The number of hydrogen-bond acceptors (Lipinski definition) is 8. The van der Waals surface area contributed by atoms with Crippen molar-refractivity contribution in [1.29, 1.82) is 0 Å². The molecule has 2 aromatic heterocycles. The zero-order valence-corrected chi connectivity index (χ0v) is 17.5. The van der Waals surface area contributed by atoms with Crippen LogP contribution >= 0.6 is 46.4 Å². The zero-order valence-electron chi connectivity index (χ0n) is 14.4. The van der Waals surface area contributed by atoms with Crippen LogP contribution in [0.1, 0.15) is 39.5 Å². The third-order valence-electron chi connectivity index (χ3n) is 2.79. The minimum absolute atomic E-state index is 0.110. The summed E-state index contributed by atoms with van der Waals surface area (Å²) in [6.07, 6.45) is 4.33. The smallest absolute Gasteiger partial charge is 0.228 e. The summed E-state index contributed by atoms with van der Waals surface area (Å²) in [5, 5.41) is 6.43. The number of halogens is 4. The van der Waals surface area contributed by atoms with Gasteiger partial charge in [0.1, 0.15) is 0 Å². The summed E-state index contributed by atoms with van der Waals surface area (Å²) >= 11 is 22.3. The molecule has 2 aromatic rings. The molecule has 26 heavy (non-hydrogen) atoms. The summed E-state index contributed by atoms with van der Waals surface area (Å²) in [6.45, 7) is 5.84. The normalized spacial score (nSPS) is 10.1. The van der Waals surface area contributed by atoms with Gasteiger partial charge in [-0.1, -0.05) is 26.7 Å². The van der Waals surface area contributed by atoms with Crippen LogP contribution in [-0.2, 0) is 0 Å². The number of rotatable bonds is 8. The van der Waals surface area contributed by atoms with Gasteiger partial charge >= 0.3 is 0 Å². The molecule has 2 N–H and O–H groups in total. The van der Waals surface area contributed by atoms with Crippen LogP contribution < -0.4 is 10.6 Å². The van der Waals surface area contributed by atoms with Crippen LogP contribution in [0.4, 0.5) is 11.9 Å². The van der Waals surface area contributed by atoms with Gasteiger partial charge in [0, 0.05) is 13.1 Å². The zero-order chi connectivity index (χ0) is 19.4. The van der Waals surface area contributed by atoms with Crippen molar-refractivity contribution < 1.29 is 0 Å². The Balaban J connectivity index is 0.000000260. The first-order chi connectivity index (χ1) is 12.4. The number of nitrogens with one attached hydrogen (secondary N) is 2. The van der Waals surface area contributed by atoms with Gasteiger partial charge < -0.3 is 10.6 Å². The maximum absolute atomic E-state index is 5.58. The number of anilines is 2. The van der Waals surface area contributed by atoms with E-state index in [4.69, 9.17) is 46.4 Å². The molecular formula is C14H20Cl4N8. The molecule has 0 saturated heterocycles. The molecule has 0 amide bonds. The first kappa shape index (κ1) is 22.8.